The van der Waals surface area contributed by atoms with Gasteiger partial charge in [-0.3, -0.25) is 0 Å². The lowest BCUT2D eigenvalue weighted by Gasteiger charge is -2.36. The number of rotatable bonds is 16. The molecule has 6 heteroatoms. The summed E-state index contributed by atoms with van der Waals surface area (Å²) in [5.41, 5.74) is 2.12. The van der Waals surface area contributed by atoms with E-state index >= 15 is 0 Å². The van der Waals surface area contributed by atoms with Gasteiger partial charge in [0.1, 0.15) is 6.61 Å². The van der Waals surface area contributed by atoms with E-state index in [0.717, 1.165) is 69.5 Å². The number of aliphatic hydroxyl groups is 1. The number of hydrogen-bond donors (Lipinski definition) is 1. The van der Waals surface area contributed by atoms with Gasteiger partial charge in [0.2, 0.25) is 0 Å². The number of likely N-dealkylation sites (N-methyl/N-ethyl adjacent to an activating group) is 1. The Bertz CT molecular complexity index is 856. The number of carbonyl (C=O) groups excluding carboxylic acids is 1. The van der Waals surface area contributed by atoms with Crippen LogP contribution in [0.15, 0.2) is 60.7 Å². The smallest absolute Gasteiger partial charge is 0.410 e. The second-order valence-corrected chi connectivity index (χ2v) is 10.0. The molecule has 1 fully saturated rings. The summed E-state index contributed by atoms with van der Waals surface area (Å²) in [7, 11) is 0. The van der Waals surface area contributed by atoms with Gasteiger partial charge < -0.3 is 24.4 Å². The van der Waals surface area contributed by atoms with Gasteiger partial charge in [-0.2, -0.15) is 0 Å². The van der Waals surface area contributed by atoms with Crippen LogP contribution in [0, 0.1) is 0 Å². The molecule has 1 aliphatic carbocycles. The fourth-order valence-electron chi connectivity index (χ4n) is 5.06. The molecule has 2 aromatic rings. The van der Waals surface area contributed by atoms with Crippen molar-refractivity contribution in [1.29, 1.82) is 0 Å². The number of amides is 1. The van der Waals surface area contributed by atoms with Crippen molar-refractivity contribution >= 4 is 6.09 Å². The molecular formula is C31H46N2O4. The average Bonchev–Trinajstić information content (AvgIpc) is 2.95. The Balaban J connectivity index is 1.39. The molecule has 0 heterocycles. The van der Waals surface area contributed by atoms with E-state index in [4.69, 9.17) is 14.6 Å². The van der Waals surface area contributed by atoms with Crippen LogP contribution in [-0.2, 0) is 22.6 Å². The van der Waals surface area contributed by atoms with Gasteiger partial charge in [-0.15, -0.1) is 0 Å². The van der Waals surface area contributed by atoms with Crippen molar-refractivity contribution in [2.45, 2.75) is 83.6 Å². The monoisotopic (exact) mass is 510 g/mol. The molecule has 0 bridgehead atoms. The third-order valence-corrected chi connectivity index (χ3v) is 7.31. The lowest BCUT2D eigenvalue weighted by atomic mass is 9.91. The van der Waals surface area contributed by atoms with Crippen molar-refractivity contribution in [3.63, 3.8) is 0 Å². The summed E-state index contributed by atoms with van der Waals surface area (Å²) in [6.45, 7) is 6.90. The van der Waals surface area contributed by atoms with Gasteiger partial charge in [0.15, 0.2) is 0 Å². The zero-order chi connectivity index (χ0) is 26.1. The van der Waals surface area contributed by atoms with Crippen LogP contribution in [-0.4, -0.2) is 66.0 Å². The van der Waals surface area contributed by atoms with E-state index in [0.29, 0.717) is 13.2 Å². The highest BCUT2D eigenvalue weighted by Crippen LogP contribution is 2.27. The lowest BCUT2D eigenvalue weighted by Crippen LogP contribution is -2.43. The predicted octanol–water partition coefficient (Wildman–Crippen LogP) is 6.03. The van der Waals surface area contributed by atoms with Gasteiger partial charge in [0.25, 0.3) is 0 Å². The fraction of sp³-hybridized carbons (Fsp3) is 0.581. The van der Waals surface area contributed by atoms with Gasteiger partial charge in [0, 0.05) is 25.7 Å². The van der Waals surface area contributed by atoms with Crippen LogP contribution in [0.1, 0.15) is 69.4 Å². The average molecular weight is 511 g/mol. The van der Waals surface area contributed by atoms with E-state index in [2.05, 4.69) is 24.0 Å². The zero-order valence-corrected chi connectivity index (χ0v) is 22.6. The number of hydrogen-bond acceptors (Lipinski definition) is 5. The van der Waals surface area contributed by atoms with Crippen molar-refractivity contribution in [1.82, 2.24) is 9.80 Å². The summed E-state index contributed by atoms with van der Waals surface area (Å²) in [6.07, 6.45) is 8.55. The van der Waals surface area contributed by atoms with Crippen LogP contribution in [0.5, 0.6) is 0 Å². The number of aliphatic hydroxyl groups excluding tert-OH is 1. The third-order valence-electron chi connectivity index (χ3n) is 7.31. The third kappa shape index (κ3) is 10.8. The Morgan fingerprint density at radius 2 is 1.51 bits per heavy atom. The first-order valence-corrected chi connectivity index (χ1v) is 14.2. The minimum atomic E-state index is -0.238. The van der Waals surface area contributed by atoms with Crippen molar-refractivity contribution in [3.05, 3.63) is 71.8 Å². The largest absolute Gasteiger partial charge is 0.445 e. The van der Waals surface area contributed by atoms with E-state index in [9.17, 15) is 4.79 Å². The van der Waals surface area contributed by atoms with Crippen LogP contribution in [0.25, 0.3) is 0 Å². The molecule has 0 atom stereocenters. The number of nitrogens with zero attached hydrogens (tertiary/aromatic N) is 2. The number of ether oxygens (including phenoxy) is 2. The Kier molecular flexibility index (Phi) is 13.5. The maximum Gasteiger partial charge on any atom is 0.410 e. The lowest BCUT2D eigenvalue weighted by molar-refractivity contribution is 0.00193. The highest BCUT2D eigenvalue weighted by atomic mass is 16.6. The van der Waals surface area contributed by atoms with E-state index < -0.39 is 0 Å². The molecule has 0 unspecified atom stereocenters. The highest BCUT2D eigenvalue weighted by molar-refractivity contribution is 5.68. The molecule has 0 aliphatic heterocycles. The molecule has 1 N–H and O–H groups in total. The first-order chi connectivity index (χ1) is 18.2. The van der Waals surface area contributed by atoms with E-state index in [1.807, 2.05) is 53.4 Å². The SMILES string of the molecule is CCN(CCO)CCCCCCOC1CCC(N(Cc2ccccc2)C(=O)OCc2ccccc2)CC1. The summed E-state index contributed by atoms with van der Waals surface area (Å²) in [4.78, 5) is 17.4. The molecule has 37 heavy (non-hydrogen) atoms. The van der Waals surface area contributed by atoms with Crippen molar-refractivity contribution < 1.29 is 19.4 Å². The van der Waals surface area contributed by atoms with E-state index in [1.54, 1.807) is 0 Å². The van der Waals surface area contributed by atoms with Gasteiger partial charge >= 0.3 is 6.09 Å². The maximum absolute atomic E-state index is 13.2. The summed E-state index contributed by atoms with van der Waals surface area (Å²) in [5.74, 6) is 0. The molecule has 0 radical (unpaired) electrons. The Morgan fingerprint density at radius 3 is 2.16 bits per heavy atom. The van der Waals surface area contributed by atoms with Gasteiger partial charge in [-0.25, -0.2) is 4.79 Å². The second kappa shape index (κ2) is 17.2. The maximum atomic E-state index is 13.2. The molecule has 2 aromatic carbocycles. The van der Waals surface area contributed by atoms with Gasteiger partial charge in [0.05, 0.1) is 12.7 Å². The van der Waals surface area contributed by atoms with Crippen LogP contribution >= 0.6 is 0 Å². The molecule has 1 aliphatic rings. The molecular weight excluding hydrogens is 464 g/mol. The number of benzene rings is 2. The highest BCUT2D eigenvalue weighted by Gasteiger charge is 2.30. The summed E-state index contributed by atoms with van der Waals surface area (Å²) >= 11 is 0. The molecule has 0 spiro atoms. The quantitative estimate of drug-likeness (QED) is 0.280. The van der Waals surface area contributed by atoms with Crippen LogP contribution in [0.3, 0.4) is 0 Å². The second-order valence-electron chi connectivity index (χ2n) is 10.0. The molecule has 0 saturated heterocycles. The van der Waals surface area contributed by atoms with E-state index in [-0.39, 0.29) is 24.8 Å². The van der Waals surface area contributed by atoms with Gasteiger partial charge in [-0.05, 0) is 62.7 Å². The van der Waals surface area contributed by atoms with Gasteiger partial charge in [-0.1, -0.05) is 80.4 Å². The van der Waals surface area contributed by atoms with Crippen LogP contribution in [0.4, 0.5) is 4.79 Å². The normalized spacial score (nSPS) is 17.6. The van der Waals surface area contributed by atoms with Crippen molar-refractivity contribution in [3.8, 4) is 0 Å². The number of unbranched alkanes of at least 4 members (excludes halogenated alkanes) is 3. The molecule has 3 rings (SSSR count). The molecule has 6 nitrogen and oxygen atoms in total. The Hall–Kier alpha value is -2.41. The Labute approximate surface area is 223 Å². The number of carbonyl (C=O) groups is 1. The molecule has 1 amide bonds. The van der Waals surface area contributed by atoms with Crippen LogP contribution in [0.2, 0.25) is 0 Å². The summed E-state index contributed by atoms with van der Waals surface area (Å²) in [5, 5.41) is 9.09. The Morgan fingerprint density at radius 1 is 0.865 bits per heavy atom. The first kappa shape index (κ1) is 29.2. The fourth-order valence-corrected chi connectivity index (χ4v) is 5.06. The predicted molar refractivity (Wildman–Crippen MR) is 148 cm³/mol. The molecule has 1 saturated carbocycles. The van der Waals surface area contributed by atoms with E-state index in [1.165, 1.54) is 19.3 Å². The summed E-state index contributed by atoms with van der Waals surface area (Å²) < 4.78 is 11.9. The van der Waals surface area contributed by atoms with Crippen molar-refractivity contribution in [2.24, 2.45) is 0 Å². The molecule has 204 valence electrons. The summed E-state index contributed by atoms with van der Waals surface area (Å²) in [6, 6.07) is 20.2. The standard InChI is InChI=1S/C31H46N2O4/c1-2-32(22-23-34)21-11-3-4-12-24-36-30-19-17-29(18-20-30)33(25-27-13-7-5-8-14-27)31(35)37-26-28-15-9-6-10-16-28/h5-10,13-16,29-30,34H,2-4,11-12,17-26H2,1H3. The zero-order valence-electron chi connectivity index (χ0n) is 22.6. The minimum absolute atomic E-state index is 0.170. The van der Waals surface area contributed by atoms with Crippen LogP contribution < -0.4 is 0 Å². The topological polar surface area (TPSA) is 62.2 Å². The minimum Gasteiger partial charge on any atom is -0.445 e. The molecule has 0 aromatic heterocycles. The van der Waals surface area contributed by atoms with Crippen molar-refractivity contribution in [2.75, 3.05) is 32.8 Å². The first-order valence-electron chi connectivity index (χ1n) is 14.2.